The Kier molecular flexibility index (Phi) is 2.23. The number of hydrogen-bond donors (Lipinski definition) is 1. The van der Waals surface area contributed by atoms with Gasteiger partial charge in [-0.3, -0.25) is 0 Å². The van der Waals surface area contributed by atoms with Gasteiger partial charge in [-0.1, -0.05) is 6.08 Å². The van der Waals surface area contributed by atoms with Crippen LogP contribution in [0.5, 0.6) is 0 Å². The summed E-state index contributed by atoms with van der Waals surface area (Å²) in [5, 5.41) is 0. The van der Waals surface area contributed by atoms with E-state index in [4.69, 9.17) is 5.73 Å². The van der Waals surface area contributed by atoms with E-state index in [0.717, 1.165) is 0 Å². The number of halogens is 3. The lowest BCUT2D eigenvalue weighted by Gasteiger charge is -2.19. The van der Waals surface area contributed by atoms with Gasteiger partial charge in [0.25, 0.3) is 0 Å². The van der Waals surface area contributed by atoms with Crippen molar-refractivity contribution in [2.24, 2.45) is 5.73 Å². The fourth-order valence-electron chi connectivity index (χ4n) is 1.11. The van der Waals surface area contributed by atoms with Crippen molar-refractivity contribution in [3.05, 3.63) is 11.6 Å². The maximum Gasteiger partial charge on any atom is 0.412 e. The van der Waals surface area contributed by atoms with Gasteiger partial charge < -0.3 is 5.73 Å². The van der Waals surface area contributed by atoms with Crippen molar-refractivity contribution < 1.29 is 13.2 Å². The van der Waals surface area contributed by atoms with Crippen LogP contribution in [0, 0.1) is 0 Å². The second-order valence-electron chi connectivity index (χ2n) is 2.76. The van der Waals surface area contributed by atoms with Crippen molar-refractivity contribution >= 4 is 0 Å². The quantitative estimate of drug-likeness (QED) is 0.546. The molecule has 0 aromatic rings. The second-order valence-corrected chi connectivity index (χ2v) is 2.76. The van der Waals surface area contributed by atoms with Crippen LogP contribution in [0.4, 0.5) is 13.2 Å². The highest BCUT2D eigenvalue weighted by molar-refractivity contribution is 5.12. The highest BCUT2D eigenvalue weighted by atomic mass is 19.4. The summed E-state index contributed by atoms with van der Waals surface area (Å²) in [5.41, 5.74) is 5.01. The first-order valence-electron chi connectivity index (χ1n) is 3.52. The van der Waals surface area contributed by atoms with Gasteiger partial charge in [-0.25, -0.2) is 0 Å². The van der Waals surface area contributed by atoms with E-state index in [2.05, 4.69) is 0 Å². The third-order valence-corrected chi connectivity index (χ3v) is 1.82. The molecule has 1 rings (SSSR count). The van der Waals surface area contributed by atoms with Crippen LogP contribution >= 0.6 is 0 Å². The molecule has 0 unspecified atom stereocenters. The van der Waals surface area contributed by atoms with Gasteiger partial charge in [0.05, 0.1) is 0 Å². The lowest BCUT2D eigenvalue weighted by molar-refractivity contribution is -0.0951. The standard InChI is InChI=1S/C7H10F3N/c8-7(9,10)5-1-3-6(11)4-2-5/h1,6H,2-4,11H2/t6-/m0/s1. The molecular weight excluding hydrogens is 155 g/mol. The van der Waals surface area contributed by atoms with Crippen LogP contribution in [-0.4, -0.2) is 12.2 Å². The van der Waals surface area contributed by atoms with Crippen molar-refractivity contribution in [2.45, 2.75) is 31.5 Å². The topological polar surface area (TPSA) is 26.0 Å². The van der Waals surface area contributed by atoms with Crippen LogP contribution in [0.1, 0.15) is 19.3 Å². The number of rotatable bonds is 0. The minimum atomic E-state index is -4.14. The highest BCUT2D eigenvalue weighted by Gasteiger charge is 2.34. The van der Waals surface area contributed by atoms with Gasteiger partial charge in [0, 0.05) is 11.6 Å². The van der Waals surface area contributed by atoms with Crippen LogP contribution in [-0.2, 0) is 0 Å². The lowest BCUT2D eigenvalue weighted by atomic mass is 9.96. The van der Waals surface area contributed by atoms with Crippen molar-refractivity contribution in [3.8, 4) is 0 Å². The van der Waals surface area contributed by atoms with Gasteiger partial charge in [-0.05, 0) is 19.3 Å². The van der Waals surface area contributed by atoms with E-state index in [1.165, 1.54) is 6.08 Å². The monoisotopic (exact) mass is 165 g/mol. The van der Waals surface area contributed by atoms with Crippen LogP contribution in [0.15, 0.2) is 11.6 Å². The number of nitrogens with two attached hydrogens (primary N) is 1. The second kappa shape index (κ2) is 2.85. The Bertz CT molecular complexity index is 171. The summed E-state index contributed by atoms with van der Waals surface area (Å²) in [6, 6.07) is -0.0823. The number of hydrogen-bond acceptors (Lipinski definition) is 1. The SMILES string of the molecule is N[C@H]1CC=C(C(F)(F)F)CC1. The van der Waals surface area contributed by atoms with Gasteiger partial charge in [-0.15, -0.1) is 0 Å². The Morgan fingerprint density at radius 2 is 2.09 bits per heavy atom. The van der Waals surface area contributed by atoms with Gasteiger partial charge in [0.15, 0.2) is 0 Å². The molecule has 0 amide bonds. The molecule has 0 aliphatic heterocycles. The number of allylic oxidation sites excluding steroid dienone is 1. The molecule has 0 bridgehead atoms. The first-order chi connectivity index (χ1) is 5.00. The summed E-state index contributed by atoms with van der Waals surface area (Å²) in [6.45, 7) is 0. The van der Waals surface area contributed by atoms with Gasteiger partial charge >= 0.3 is 6.18 Å². The zero-order chi connectivity index (χ0) is 8.48. The molecule has 1 aliphatic rings. The van der Waals surface area contributed by atoms with Gasteiger partial charge in [0.1, 0.15) is 0 Å². The van der Waals surface area contributed by atoms with Crippen LogP contribution in [0.3, 0.4) is 0 Å². The lowest BCUT2D eigenvalue weighted by Crippen LogP contribution is -2.25. The molecule has 0 fully saturated rings. The molecule has 11 heavy (non-hydrogen) atoms. The molecule has 0 spiro atoms. The molecule has 0 saturated heterocycles. The molecule has 2 N–H and O–H groups in total. The fraction of sp³-hybridized carbons (Fsp3) is 0.714. The third kappa shape index (κ3) is 2.22. The predicted octanol–water partition coefficient (Wildman–Crippen LogP) is 1.99. The van der Waals surface area contributed by atoms with Gasteiger partial charge in [-0.2, -0.15) is 13.2 Å². The van der Waals surface area contributed by atoms with Crippen molar-refractivity contribution in [2.75, 3.05) is 0 Å². The molecule has 0 aromatic carbocycles. The van der Waals surface area contributed by atoms with E-state index in [1.54, 1.807) is 0 Å². The Hall–Kier alpha value is -0.510. The Morgan fingerprint density at radius 3 is 2.45 bits per heavy atom. The molecule has 0 radical (unpaired) electrons. The fourth-order valence-corrected chi connectivity index (χ4v) is 1.11. The van der Waals surface area contributed by atoms with E-state index in [-0.39, 0.29) is 12.5 Å². The van der Waals surface area contributed by atoms with Crippen LogP contribution in [0.25, 0.3) is 0 Å². The molecule has 0 aromatic heterocycles. The molecule has 1 aliphatic carbocycles. The van der Waals surface area contributed by atoms with E-state index >= 15 is 0 Å². The zero-order valence-electron chi connectivity index (χ0n) is 5.99. The summed E-state index contributed by atoms with van der Waals surface area (Å²) in [4.78, 5) is 0. The maximum absolute atomic E-state index is 12.0. The zero-order valence-corrected chi connectivity index (χ0v) is 5.99. The average molecular weight is 165 g/mol. The van der Waals surface area contributed by atoms with Crippen LogP contribution in [0.2, 0.25) is 0 Å². The molecule has 1 nitrogen and oxygen atoms in total. The maximum atomic E-state index is 12.0. The van der Waals surface area contributed by atoms with E-state index in [9.17, 15) is 13.2 Å². The summed E-state index contributed by atoms with van der Waals surface area (Å²) >= 11 is 0. The minimum Gasteiger partial charge on any atom is -0.327 e. The van der Waals surface area contributed by atoms with E-state index in [0.29, 0.717) is 12.8 Å². The molecular formula is C7H10F3N. The smallest absolute Gasteiger partial charge is 0.327 e. The Labute approximate surface area is 63.1 Å². The first kappa shape index (κ1) is 8.59. The van der Waals surface area contributed by atoms with Crippen molar-refractivity contribution in [3.63, 3.8) is 0 Å². The summed E-state index contributed by atoms with van der Waals surface area (Å²) in [7, 11) is 0. The molecule has 4 heteroatoms. The largest absolute Gasteiger partial charge is 0.412 e. The van der Waals surface area contributed by atoms with Crippen molar-refractivity contribution in [1.29, 1.82) is 0 Å². The summed E-state index contributed by atoms with van der Waals surface area (Å²) < 4.78 is 35.9. The van der Waals surface area contributed by atoms with Crippen LogP contribution < -0.4 is 5.73 Å². The Balaban J connectivity index is 2.62. The van der Waals surface area contributed by atoms with Gasteiger partial charge in [0.2, 0.25) is 0 Å². The number of alkyl halides is 3. The first-order valence-corrected chi connectivity index (χ1v) is 3.52. The average Bonchev–Trinajstić information content (AvgIpc) is 1.86. The highest BCUT2D eigenvalue weighted by Crippen LogP contribution is 2.32. The normalized spacial score (nSPS) is 26.5. The molecule has 64 valence electrons. The van der Waals surface area contributed by atoms with E-state index < -0.39 is 11.7 Å². The predicted molar refractivity (Wildman–Crippen MR) is 36.0 cm³/mol. The third-order valence-electron chi connectivity index (χ3n) is 1.82. The van der Waals surface area contributed by atoms with E-state index in [1.807, 2.05) is 0 Å². The summed E-state index contributed by atoms with van der Waals surface area (Å²) in [6.07, 6.45) is -2.06. The summed E-state index contributed by atoms with van der Waals surface area (Å²) in [5.74, 6) is 0. The molecule has 1 atom stereocenters. The van der Waals surface area contributed by atoms with Crippen molar-refractivity contribution in [1.82, 2.24) is 0 Å². The molecule has 0 saturated carbocycles. The Morgan fingerprint density at radius 1 is 1.45 bits per heavy atom. The molecule has 0 heterocycles. The minimum absolute atomic E-state index is 0.0741.